The average Bonchev–Trinajstić information content (AvgIpc) is 3.09. The van der Waals surface area contributed by atoms with Crippen molar-refractivity contribution in [3.63, 3.8) is 0 Å². The molecule has 2 aromatic rings. The second kappa shape index (κ2) is 5.45. The van der Waals surface area contributed by atoms with Gasteiger partial charge in [-0.3, -0.25) is 0 Å². The van der Waals surface area contributed by atoms with Gasteiger partial charge < -0.3 is 15.0 Å². The van der Waals surface area contributed by atoms with E-state index in [4.69, 9.17) is 10.5 Å². The average molecular weight is 322 g/mol. The van der Waals surface area contributed by atoms with Crippen LogP contribution in [0.4, 0.5) is 0 Å². The topological polar surface area (TPSA) is 53.1 Å². The van der Waals surface area contributed by atoms with Crippen molar-refractivity contribution in [2.45, 2.75) is 12.5 Å². The Morgan fingerprint density at radius 1 is 1.47 bits per heavy atom. The minimum atomic E-state index is -0.0380. The smallest absolute Gasteiger partial charge is 0.0994 e. The standard InChI is InChI=1S/C14H16BrN3O/c15-11-2-1-3-12(6-11)18-9-17-7-13(18)14(16)10-4-5-19-8-10/h1-3,6-7,9-10,14H,4-5,8,16H2. The van der Waals surface area contributed by atoms with Crippen molar-refractivity contribution in [3.05, 3.63) is 47.0 Å². The summed E-state index contributed by atoms with van der Waals surface area (Å²) in [6, 6.07) is 8.08. The van der Waals surface area contributed by atoms with Gasteiger partial charge in [0.2, 0.25) is 0 Å². The van der Waals surface area contributed by atoms with E-state index in [0.717, 1.165) is 35.5 Å². The monoisotopic (exact) mass is 321 g/mol. The Morgan fingerprint density at radius 2 is 2.37 bits per heavy atom. The molecule has 2 unspecified atom stereocenters. The van der Waals surface area contributed by atoms with Crippen LogP contribution < -0.4 is 5.73 Å². The Kier molecular flexibility index (Phi) is 3.68. The number of hydrogen-bond acceptors (Lipinski definition) is 3. The van der Waals surface area contributed by atoms with Crippen LogP contribution >= 0.6 is 15.9 Å². The van der Waals surface area contributed by atoms with E-state index in [-0.39, 0.29) is 6.04 Å². The summed E-state index contributed by atoms with van der Waals surface area (Å²) >= 11 is 3.49. The second-order valence-corrected chi connectivity index (χ2v) is 5.73. The molecule has 3 rings (SSSR count). The molecular weight excluding hydrogens is 306 g/mol. The third-order valence-corrected chi connectivity index (χ3v) is 4.06. The van der Waals surface area contributed by atoms with Crippen LogP contribution in [0.3, 0.4) is 0 Å². The molecule has 0 spiro atoms. The molecule has 2 heterocycles. The molecule has 1 saturated heterocycles. The van der Waals surface area contributed by atoms with E-state index in [1.807, 2.05) is 35.3 Å². The molecule has 19 heavy (non-hydrogen) atoms. The summed E-state index contributed by atoms with van der Waals surface area (Å²) < 4.78 is 8.52. The lowest BCUT2D eigenvalue weighted by Crippen LogP contribution is -2.24. The summed E-state index contributed by atoms with van der Waals surface area (Å²) in [4.78, 5) is 4.25. The Hall–Kier alpha value is -1.17. The van der Waals surface area contributed by atoms with Gasteiger partial charge in [-0.05, 0) is 24.6 Å². The normalized spacial score (nSPS) is 20.6. The lowest BCUT2D eigenvalue weighted by atomic mass is 9.97. The van der Waals surface area contributed by atoms with Crippen molar-refractivity contribution in [1.82, 2.24) is 9.55 Å². The number of rotatable bonds is 3. The van der Waals surface area contributed by atoms with Crippen LogP contribution in [0.25, 0.3) is 5.69 Å². The number of ether oxygens (including phenoxy) is 1. The Bertz CT molecular complexity index is 563. The molecular formula is C14H16BrN3O. The number of halogens is 1. The summed E-state index contributed by atoms with van der Waals surface area (Å²) in [6.07, 6.45) is 4.68. The zero-order valence-corrected chi connectivity index (χ0v) is 12.1. The fourth-order valence-corrected chi connectivity index (χ4v) is 2.86. The van der Waals surface area contributed by atoms with Crippen LogP contribution in [0.1, 0.15) is 18.2 Å². The van der Waals surface area contributed by atoms with Gasteiger partial charge in [-0.25, -0.2) is 4.98 Å². The van der Waals surface area contributed by atoms with Crippen molar-refractivity contribution in [1.29, 1.82) is 0 Å². The van der Waals surface area contributed by atoms with Crippen LogP contribution in [-0.4, -0.2) is 22.8 Å². The second-order valence-electron chi connectivity index (χ2n) is 4.82. The maximum Gasteiger partial charge on any atom is 0.0994 e. The molecule has 1 fully saturated rings. The van der Waals surface area contributed by atoms with Crippen LogP contribution in [0.15, 0.2) is 41.3 Å². The Labute approximate surface area is 120 Å². The van der Waals surface area contributed by atoms with Gasteiger partial charge in [-0.15, -0.1) is 0 Å². The third-order valence-electron chi connectivity index (χ3n) is 3.57. The molecule has 0 aliphatic carbocycles. The predicted octanol–water partition coefficient (Wildman–Crippen LogP) is 2.67. The van der Waals surface area contributed by atoms with Gasteiger partial charge in [-0.1, -0.05) is 22.0 Å². The van der Waals surface area contributed by atoms with Crippen molar-refractivity contribution < 1.29 is 4.74 Å². The van der Waals surface area contributed by atoms with Crippen LogP contribution in [0.5, 0.6) is 0 Å². The van der Waals surface area contributed by atoms with E-state index in [0.29, 0.717) is 5.92 Å². The van der Waals surface area contributed by atoms with E-state index < -0.39 is 0 Å². The number of benzene rings is 1. The first-order valence-corrected chi connectivity index (χ1v) is 7.16. The lowest BCUT2D eigenvalue weighted by Gasteiger charge is -2.19. The first-order chi connectivity index (χ1) is 9.25. The minimum Gasteiger partial charge on any atom is -0.381 e. The molecule has 1 aliphatic rings. The van der Waals surface area contributed by atoms with Gasteiger partial charge in [0.25, 0.3) is 0 Å². The van der Waals surface area contributed by atoms with Crippen LogP contribution in [0, 0.1) is 5.92 Å². The SMILES string of the molecule is NC(c1cncn1-c1cccc(Br)c1)C1CCOC1. The van der Waals surface area contributed by atoms with Crippen molar-refractivity contribution in [2.24, 2.45) is 11.7 Å². The van der Waals surface area contributed by atoms with E-state index in [2.05, 4.69) is 27.0 Å². The molecule has 1 aromatic heterocycles. The molecule has 4 nitrogen and oxygen atoms in total. The maximum absolute atomic E-state index is 6.37. The fraction of sp³-hybridized carbons (Fsp3) is 0.357. The molecule has 0 amide bonds. The number of imidazole rings is 1. The summed E-state index contributed by atoms with van der Waals surface area (Å²) in [6.45, 7) is 1.55. The summed E-state index contributed by atoms with van der Waals surface area (Å²) in [5.41, 5.74) is 8.47. The highest BCUT2D eigenvalue weighted by Crippen LogP contribution is 2.28. The first kappa shape index (κ1) is 12.8. The molecule has 0 saturated carbocycles. The maximum atomic E-state index is 6.37. The number of aromatic nitrogens is 2. The highest BCUT2D eigenvalue weighted by molar-refractivity contribution is 9.10. The minimum absolute atomic E-state index is 0.0380. The van der Waals surface area contributed by atoms with Gasteiger partial charge in [0.05, 0.1) is 30.9 Å². The van der Waals surface area contributed by atoms with E-state index in [1.165, 1.54) is 0 Å². The Morgan fingerprint density at radius 3 is 3.11 bits per heavy atom. The molecule has 100 valence electrons. The largest absolute Gasteiger partial charge is 0.381 e. The third kappa shape index (κ3) is 2.59. The van der Waals surface area contributed by atoms with Gasteiger partial charge >= 0.3 is 0 Å². The fourth-order valence-electron chi connectivity index (χ4n) is 2.47. The van der Waals surface area contributed by atoms with Gasteiger partial charge in [0.15, 0.2) is 0 Å². The first-order valence-electron chi connectivity index (χ1n) is 6.37. The molecule has 0 bridgehead atoms. The van der Waals surface area contributed by atoms with Gasteiger partial charge in [0, 0.05) is 22.7 Å². The predicted molar refractivity (Wildman–Crippen MR) is 77.1 cm³/mol. The van der Waals surface area contributed by atoms with Gasteiger partial charge in [0.1, 0.15) is 0 Å². The molecule has 1 aromatic carbocycles. The summed E-state index contributed by atoms with van der Waals surface area (Å²) in [5, 5.41) is 0. The molecule has 5 heteroatoms. The molecule has 2 atom stereocenters. The highest BCUT2D eigenvalue weighted by Gasteiger charge is 2.26. The number of hydrogen-bond donors (Lipinski definition) is 1. The lowest BCUT2D eigenvalue weighted by molar-refractivity contribution is 0.180. The Balaban J connectivity index is 1.93. The van der Waals surface area contributed by atoms with Crippen molar-refractivity contribution >= 4 is 15.9 Å². The number of nitrogens with zero attached hydrogens (tertiary/aromatic N) is 2. The highest BCUT2D eigenvalue weighted by atomic mass is 79.9. The van der Waals surface area contributed by atoms with Crippen molar-refractivity contribution in [2.75, 3.05) is 13.2 Å². The van der Waals surface area contributed by atoms with Crippen molar-refractivity contribution in [3.8, 4) is 5.69 Å². The molecule has 0 radical (unpaired) electrons. The zero-order valence-electron chi connectivity index (χ0n) is 10.5. The van der Waals surface area contributed by atoms with E-state index in [1.54, 1.807) is 0 Å². The number of nitrogens with two attached hydrogens (primary N) is 1. The van der Waals surface area contributed by atoms with Crippen LogP contribution in [0.2, 0.25) is 0 Å². The zero-order chi connectivity index (χ0) is 13.2. The van der Waals surface area contributed by atoms with E-state index >= 15 is 0 Å². The summed E-state index contributed by atoms with van der Waals surface area (Å²) in [5.74, 6) is 0.377. The summed E-state index contributed by atoms with van der Waals surface area (Å²) in [7, 11) is 0. The van der Waals surface area contributed by atoms with Gasteiger partial charge in [-0.2, -0.15) is 0 Å². The quantitative estimate of drug-likeness (QED) is 0.945. The van der Waals surface area contributed by atoms with E-state index in [9.17, 15) is 0 Å². The molecule has 1 aliphatic heterocycles. The molecule has 2 N–H and O–H groups in total. The van der Waals surface area contributed by atoms with Crippen LogP contribution in [-0.2, 0) is 4.74 Å².